The van der Waals surface area contributed by atoms with Crippen molar-refractivity contribution < 1.29 is 8.42 Å². The van der Waals surface area contributed by atoms with Crippen molar-refractivity contribution in [1.29, 1.82) is 0 Å². The molecule has 1 aromatic carbocycles. The second-order valence-electron chi connectivity index (χ2n) is 4.76. The highest BCUT2D eigenvalue weighted by Crippen LogP contribution is 2.25. The van der Waals surface area contributed by atoms with Crippen molar-refractivity contribution in [1.82, 2.24) is 9.62 Å². The molecule has 0 aliphatic heterocycles. The van der Waals surface area contributed by atoms with Crippen LogP contribution in [0.4, 0.5) is 0 Å². The molecule has 6 heteroatoms. The smallest absolute Gasteiger partial charge is 0.244 e. The minimum atomic E-state index is -3.60. The first-order chi connectivity index (χ1) is 9.28. The lowest BCUT2D eigenvalue weighted by molar-refractivity contribution is 0.493. The zero-order valence-corrected chi connectivity index (χ0v) is 13.7. The minimum Gasteiger partial charge on any atom is -0.313 e. The number of benzene rings is 1. The molecule has 20 heavy (non-hydrogen) atoms. The minimum absolute atomic E-state index is 0.137. The van der Waals surface area contributed by atoms with Gasteiger partial charge in [-0.2, -0.15) is 4.31 Å². The van der Waals surface area contributed by atoms with Crippen LogP contribution in [-0.4, -0.2) is 32.9 Å². The zero-order valence-electron chi connectivity index (χ0n) is 12.1. The van der Waals surface area contributed by atoms with Crippen molar-refractivity contribution in [3.8, 4) is 0 Å². The normalized spacial score (nSPS) is 11.8. The molecule has 0 heterocycles. The Labute approximate surface area is 126 Å². The Morgan fingerprint density at radius 2 is 2.10 bits per heavy atom. The van der Waals surface area contributed by atoms with Gasteiger partial charge in [0.2, 0.25) is 10.0 Å². The first-order valence-corrected chi connectivity index (χ1v) is 8.20. The Balaban J connectivity index is 3.13. The van der Waals surface area contributed by atoms with Gasteiger partial charge in [-0.1, -0.05) is 36.7 Å². The molecule has 0 unspecified atom stereocenters. The summed E-state index contributed by atoms with van der Waals surface area (Å²) >= 11 is 6.05. The van der Waals surface area contributed by atoms with Crippen LogP contribution in [0, 0.1) is 0 Å². The van der Waals surface area contributed by atoms with Crippen LogP contribution in [0.15, 0.2) is 35.2 Å². The van der Waals surface area contributed by atoms with Gasteiger partial charge in [0.1, 0.15) is 4.90 Å². The highest BCUT2D eigenvalue weighted by atomic mass is 35.5. The molecule has 112 valence electrons. The summed E-state index contributed by atoms with van der Waals surface area (Å²) in [6.07, 6.45) is 0. The van der Waals surface area contributed by atoms with E-state index in [-0.39, 0.29) is 16.5 Å². The summed E-state index contributed by atoms with van der Waals surface area (Å²) in [4.78, 5) is 0.137. The molecular formula is C14H21ClN2O2S. The number of nitrogens with one attached hydrogen (secondary N) is 1. The van der Waals surface area contributed by atoms with Crippen molar-refractivity contribution in [2.24, 2.45) is 0 Å². The van der Waals surface area contributed by atoms with Gasteiger partial charge in [-0.25, -0.2) is 8.42 Å². The molecule has 0 spiro atoms. The monoisotopic (exact) mass is 316 g/mol. The topological polar surface area (TPSA) is 49.4 Å². The summed E-state index contributed by atoms with van der Waals surface area (Å²) < 4.78 is 26.2. The van der Waals surface area contributed by atoms with Gasteiger partial charge < -0.3 is 5.32 Å². The molecule has 0 atom stereocenters. The van der Waals surface area contributed by atoms with E-state index >= 15 is 0 Å². The number of hydrogen-bond acceptors (Lipinski definition) is 3. The van der Waals surface area contributed by atoms with Crippen LogP contribution in [0.25, 0.3) is 0 Å². The maximum atomic E-state index is 12.5. The van der Waals surface area contributed by atoms with E-state index in [1.54, 1.807) is 19.1 Å². The number of likely N-dealkylation sites (N-methyl/N-ethyl adjacent to an activating group) is 1. The molecule has 1 N–H and O–H groups in total. The van der Waals surface area contributed by atoms with E-state index in [1.165, 1.54) is 11.4 Å². The SMILES string of the molecule is C=C(C)CN(C)S(=O)(=O)c1cc(CNCC)ccc1Cl. The maximum Gasteiger partial charge on any atom is 0.244 e. The van der Waals surface area contributed by atoms with Crippen LogP contribution in [0.2, 0.25) is 5.02 Å². The Morgan fingerprint density at radius 3 is 2.65 bits per heavy atom. The van der Waals surface area contributed by atoms with Gasteiger partial charge in [-0.05, 0) is 31.2 Å². The third kappa shape index (κ3) is 4.31. The van der Waals surface area contributed by atoms with Gasteiger partial charge in [-0.15, -0.1) is 0 Å². The van der Waals surface area contributed by atoms with Gasteiger partial charge in [0.25, 0.3) is 0 Å². The van der Waals surface area contributed by atoms with Crippen LogP contribution in [-0.2, 0) is 16.6 Å². The van der Waals surface area contributed by atoms with E-state index in [0.29, 0.717) is 6.54 Å². The summed E-state index contributed by atoms with van der Waals surface area (Å²) in [5.74, 6) is 0. The lowest BCUT2D eigenvalue weighted by atomic mass is 10.2. The van der Waals surface area contributed by atoms with Crippen molar-refractivity contribution in [2.75, 3.05) is 20.1 Å². The molecular weight excluding hydrogens is 296 g/mol. The third-order valence-corrected chi connectivity index (χ3v) is 5.04. The fourth-order valence-electron chi connectivity index (χ4n) is 1.76. The molecule has 0 aliphatic rings. The van der Waals surface area contributed by atoms with Crippen molar-refractivity contribution >= 4 is 21.6 Å². The molecule has 0 aliphatic carbocycles. The fraction of sp³-hybridized carbons (Fsp3) is 0.429. The van der Waals surface area contributed by atoms with Gasteiger partial charge in [0, 0.05) is 20.1 Å². The summed E-state index contributed by atoms with van der Waals surface area (Å²) in [5.41, 5.74) is 1.66. The summed E-state index contributed by atoms with van der Waals surface area (Å²) in [5, 5.41) is 3.39. The Bertz CT molecular complexity index is 585. The standard InChI is InChI=1S/C14H21ClN2O2S/c1-5-16-9-12-6-7-13(15)14(8-12)20(18,19)17(4)10-11(2)3/h6-8,16H,2,5,9-10H2,1,3-4H3. The van der Waals surface area contributed by atoms with E-state index in [4.69, 9.17) is 11.6 Å². The lowest BCUT2D eigenvalue weighted by Crippen LogP contribution is -2.28. The maximum absolute atomic E-state index is 12.5. The van der Waals surface area contributed by atoms with Gasteiger partial charge in [0.15, 0.2) is 0 Å². The van der Waals surface area contributed by atoms with E-state index in [0.717, 1.165) is 17.7 Å². The van der Waals surface area contributed by atoms with E-state index in [2.05, 4.69) is 11.9 Å². The van der Waals surface area contributed by atoms with Gasteiger partial charge >= 0.3 is 0 Å². The number of sulfonamides is 1. The summed E-state index contributed by atoms with van der Waals surface area (Å²) in [6, 6.07) is 5.06. The van der Waals surface area contributed by atoms with Crippen LogP contribution in [0.5, 0.6) is 0 Å². The molecule has 0 fully saturated rings. The number of nitrogens with zero attached hydrogens (tertiary/aromatic N) is 1. The van der Waals surface area contributed by atoms with E-state index in [9.17, 15) is 8.42 Å². The predicted molar refractivity (Wildman–Crippen MR) is 83.5 cm³/mol. The molecule has 0 radical (unpaired) electrons. The van der Waals surface area contributed by atoms with Crippen LogP contribution < -0.4 is 5.32 Å². The average molecular weight is 317 g/mol. The van der Waals surface area contributed by atoms with Gasteiger partial charge in [0.05, 0.1) is 5.02 Å². The number of hydrogen-bond donors (Lipinski definition) is 1. The lowest BCUT2D eigenvalue weighted by Gasteiger charge is -2.18. The average Bonchev–Trinajstić information content (AvgIpc) is 2.36. The highest BCUT2D eigenvalue weighted by molar-refractivity contribution is 7.89. The first-order valence-electron chi connectivity index (χ1n) is 6.39. The summed E-state index contributed by atoms with van der Waals surface area (Å²) in [6.45, 7) is 9.22. The predicted octanol–water partition coefficient (Wildman–Crippen LogP) is 2.65. The second kappa shape index (κ2) is 7.22. The molecule has 0 aromatic heterocycles. The number of rotatable bonds is 7. The summed E-state index contributed by atoms with van der Waals surface area (Å²) in [7, 11) is -2.07. The quantitative estimate of drug-likeness (QED) is 0.787. The molecule has 0 amide bonds. The molecule has 0 saturated heterocycles. The largest absolute Gasteiger partial charge is 0.313 e. The number of halogens is 1. The van der Waals surface area contributed by atoms with Crippen molar-refractivity contribution in [2.45, 2.75) is 25.3 Å². The van der Waals surface area contributed by atoms with Crippen LogP contribution in [0.3, 0.4) is 0 Å². The third-order valence-electron chi connectivity index (χ3n) is 2.76. The van der Waals surface area contributed by atoms with E-state index in [1.807, 2.05) is 13.0 Å². The Kier molecular flexibility index (Phi) is 6.20. The molecule has 1 aromatic rings. The van der Waals surface area contributed by atoms with Crippen LogP contribution >= 0.6 is 11.6 Å². The Hall–Kier alpha value is -0.880. The molecule has 0 saturated carbocycles. The molecule has 1 rings (SSSR count). The highest BCUT2D eigenvalue weighted by Gasteiger charge is 2.23. The second-order valence-corrected chi connectivity index (χ2v) is 7.18. The van der Waals surface area contributed by atoms with Crippen LogP contribution in [0.1, 0.15) is 19.4 Å². The first kappa shape index (κ1) is 17.2. The molecule has 4 nitrogen and oxygen atoms in total. The van der Waals surface area contributed by atoms with Crippen molar-refractivity contribution in [3.05, 3.63) is 40.9 Å². The van der Waals surface area contributed by atoms with Crippen molar-refractivity contribution in [3.63, 3.8) is 0 Å². The van der Waals surface area contributed by atoms with Gasteiger partial charge in [-0.3, -0.25) is 0 Å². The molecule has 0 bridgehead atoms. The zero-order chi connectivity index (χ0) is 15.3. The fourth-order valence-corrected chi connectivity index (χ4v) is 3.51. The Morgan fingerprint density at radius 1 is 1.45 bits per heavy atom. The van der Waals surface area contributed by atoms with E-state index < -0.39 is 10.0 Å².